The molecule has 15 heteroatoms. The van der Waals surface area contributed by atoms with Crippen LogP contribution in [0.15, 0.2) is 78.0 Å². The average Bonchev–Trinajstić information content (AvgIpc) is 3.59. The fourth-order valence-electron chi connectivity index (χ4n) is 4.47. The first kappa shape index (κ1) is 29.7. The minimum atomic E-state index is -4.70. The zero-order valence-electron chi connectivity index (χ0n) is 22.7. The summed E-state index contributed by atoms with van der Waals surface area (Å²) in [5.74, 6) is -0.182. The van der Waals surface area contributed by atoms with E-state index < -0.39 is 28.3 Å². The molecule has 0 saturated heterocycles. The van der Waals surface area contributed by atoms with Gasteiger partial charge in [-0.05, 0) is 60.5 Å². The highest BCUT2D eigenvalue weighted by atomic mass is 32.2. The molecular formula is C28H22F5N5O4S. The molecule has 9 nitrogen and oxygen atoms in total. The third kappa shape index (κ3) is 6.07. The molecule has 2 aromatic heterocycles. The molecule has 5 rings (SSSR count). The van der Waals surface area contributed by atoms with Gasteiger partial charge in [0.1, 0.15) is 5.82 Å². The fourth-order valence-corrected chi connectivity index (χ4v) is 5.14. The van der Waals surface area contributed by atoms with E-state index in [-0.39, 0.29) is 39.3 Å². The molecule has 0 bridgehead atoms. The predicted octanol–water partition coefficient (Wildman–Crippen LogP) is 6.13. The molecule has 0 radical (unpaired) electrons. The van der Waals surface area contributed by atoms with Gasteiger partial charge in [0, 0.05) is 18.0 Å². The largest absolute Gasteiger partial charge is 0.493 e. The Morgan fingerprint density at radius 1 is 0.907 bits per heavy atom. The van der Waals surface area contributed by atoms with Crippen molar-refractivity contribution in [2.75, 3.05) is 13.4 Å². The number of ether oxygens (including phenoxy) is 2. The zero-order chi connectivity index (χ0) is 31.1. The van der Waals surface area contributed by atoms with Crippen LogP contribution in [0.4, 0.5) is 22.0 Å². The summed E-state index contributed by atoms with van der Waals surface area (Å²) in [6.07, 6.45) is -1.44. The van der Waals surface area contributed by atoms with Gasteiger partial charge < -0.3 is 14.0 Å². The van der Waals surface area contributed by atoms with Gasteiger partial charge in [0.05, 0.1) is 35.3 Å². The van der Waals surface area contributed by atoms with Crippen molar-refractivity contribution in [1.82, 2.24) is 24.5 Å². The Hall–Kier alpha value is -4.79. The highest BCUT2D eigenvalue weighted by Crippen LogP contribution is 2.37. The van der Waals surface area contributed by atoms with Crippen LogP contribution in [0.5, 0.6) is 11.5 Å². The van der Waals surface area contributed by atoms with Crippen molar-refractivity contribution in [3.8, 4) is 45.3 Å². The maximum atomic E-state index is 13.5. The lowest BCUT2D eigenvalue weighted by molar-refractivity contribution is -0.141. The monoisotopic (exact) mass is 619 g/mol. The number of hydrogen-bond acceptors (Lipinski definition) is 7. The van der Waals surface area contributed by atoms with Gasteiger partial charge in [-0.25, -0.2) is 18.1 Å². The van der Waals surface area contributed by atoms with Crippen molar-refractivity contribution in [2.24, 2.45) is 0 Å². The molecule has 3 aromatic carbocycles. The molecule has 0 amide bonds. The summed E-state index contributed by atoms with van der Waals surface area (Å²) in [7, 11) is -2.25. The number of alkyl halides is 5. The van der Waals surface area contributed by atoms with Gasteiger partial charge in [-0.15, -0.1) is 5.10 Å². The molecule has 0 aliphatic carbocycles. The summed E-state index contributed by atoms with van der Waals surface area (Å²) < 4.78 is 103. The first-order chi connectivity index (χ1) is 20.3. The number of imidazole rings is 1. The molecule has 43 heavy (non-hydrogen) atoms. The smallest absolute Gasteiger partial charge is 0.434 e. The van der Waals surface area contributed by atoms with Crippen LogP contribution in [-0.4, -0.2) is 52.9 Å². The Kier molecular flexibility index (Phi) is 7.69. The van der Waals surface area contributed by atoms with Crippen molar-refractivity contribution in [2.45, 2.75) is 24.6 Å². The van der Waals surface area contributed by atoms with Gasteiger partial charge in [0.15, 0.2) is 27.0 Å². The third-order valence-corrected chi connectivity index (χ3v) is 7.57. The number of sulfone groups is 1. The van der Waals surface area contributed by atoms with E-state index >= 15 is 0 Å². The second kappa shape index (κ2) is 11.1. The summed E-state index contributed by atoms with van der Waals surface area (Å²) in [4.78, 5) is 3.73. The predicted molar refractivity (Wildman–Crippen MR) is 145 cm³/mol. The zero-order valence-corrected chi connectivity index (χ0v) is 23.5. The van der Waals surface area contributed by atoms with Crippen LogP contribution in [-0.2, 0) is 16.0 Å². The number of nitrogens with zero attached hydrogens (tertiary/aromatic N) is 5. The standard InChI is InChI=1S/C28H22F5N5O4S/c1-16-35-26(28(31,32)33)15-37(16)21-9-7-18(17-5-4-6-20(11-17)43(3,39)40)12-22(21)38-23(14-34-36-38)19-8-10-24(41-2)25(13-19)42-27(29)30/h4-15,27H,1-3H3. The van der Waals surface area contributed by atoms with Gasteiger partial charge in [0.2, 0.25) is 0 Å². The van der Waals surface area contributed by atoms with Crippen molar-refractivity contribution >= 4 is 9.84 Å². The number of rotatable bonds is 8. The van der Waals surface area contributed by atoms with E-state index in [9.17, 15) is 30.4 Å². The topological polar surface area (TPSA) is 101 Å². The summed E-state index contributed by atoms with van der Waals surface area (Å²) in [5.41, 5.74) is 0.977. The summed E-state index contributed by atoms with van der Waals surface area (Å²) >= 11 is 0. The first-order valence-corrected chi connectivity index (χ1v) is 14.3. The van der Waals surface area contributed by atoms with E-state index in [4.69, 9.17) is 4.74 Å². The van der Waals surface area contributed by atoms with Crippen molar-refractivity contribution in [3.63, 3.8) is 0 Å². The maximum Gasteiger partial charge on any atom is 0.434 e. The minimum absolute atomic E-state index is 0.0270. The van der Waals surface area contributed by atoms with E-state index in [1.807, 2.05) is 0 Å². The highest BCUT2D eigenvalue weighted by Gasteiger charge is 2.35. The number of aryl methyl sites for hydroxylation is 1. The van der Waals surface area contributed by atoms with Crippen LogP contribution in [0.3, 0.4) is 0 Å². The summed E-state index contributed by atoms with van der Waals surface area (Å²) in [6, 6.07) is 15.2. The van der Waals surface area contributed by atoms with Crippen molar-refractivity contribution in [1.29, 1.82) is 0 Å². The highest BCUT2D eigenvalue weighted by molar-refractivity contribution is 7.90. The molecule has 0 atom stereocenters. The van der Waals surface area contributed by atoms with Gasteiger partial charge in [-0.1, -0.05) is 23.4 Å². The lowest BCUT2D eigenvalue weighted by Gasteiger charge is -2.17. The van der Waals surface area contributed by atoms with Crippen LogP contribution >= 0.6 is 0 Å². The van der Waals surface area contributed by atoms with E-state index in [0.29, 0.717) is 16.7 Å². The van der Waals surface area contributed by atoms with Crippen molar-refractivity contribution < 1.29 is 39.8 Å². The number of benzene rings is 3. The summed E-state index contributed by atoms with van der Waals surface area (Å²) in [6.45, 7) is -1.73. The maximum absolute atomic E-state index is 13.5. The molecule has 5 aromatic rings. The molecule has 0 N–H and O–H groups in total. The number of hydrogen-bond donors (Lipinski definition) is 0. The molecule has 0 aliphatic heterocycles. The molecule has 0 aliphatic rings. The van der Waals surface area contributed by atoms with Crippen molar-refractivity contribution in [3.05, 3.63) is 84.6 Å². The van der Waals surface area contributed by atoms with E-state index in [1.54, 1.807) is 30.3 Å². The lowest BCUT2D eigenvalue weighted by atomic mass is 10.0. The van der Waals surface area contributed by atoms with Crippen LogP contribution in [0.2, 0.25) is 0 Å². The molecule has 224 valence electrons. The Labute approximate surface area is 242 Å². The fraction of sp³-hybridized carbons (Fsp3) is 0.179. The average molecular weight is 620 g/mol. The van der Waals surface area contributed by atoms with Crippen LogP contribution in [0, 0.1) is 6.92 Å². The van der Waals surface area contributed by atoms with Crippen LogP contribution in [0.25, 0.3) is 33.8 Å². The second-order valence-electron chi connectivity index (χ2n) is 9.32. The number of methoxy groups -OCH3 is 1. The third-order valence-electron chi connectivity index (χ3n) is 6.46. The summed E-state index contributed by atoms with van der Waals surface area (Å²) in [5, 5.41) is 8.12. The Morgan fingerprint density at radius 3 is 2.28 bits per heavy atom. The molecular weight excluding hydrogens is 597 g/mol. The Bertz CT molecular complexity index is 1920. The lowest BCUT2D eigenvalue weighted by Crippen LogP contribution is -2.08. The molecule has 0 fully saturated rings. The Morgan fingerprint density at radius 2 is 1.63 bits per heavy atom. The Balaban J connectivity index is 1.74. The molecule has 0 saturated carbocycles. The second-order valence-corrected chi connectivity index (χ2v) is 11.3. The van der Waals surface area contributed by atoms with E-state index in [0.717, 1.165) is 12.5 Å². The minimum Gasteiger partial charge on any atom is -0.493 e. The van der Waals surface area contributed by atoms with E-state index in [2.05, 4.69) is 20.0 Å². The molecule has 0 spiro atoms. The van der Waals surface area contributed by atoms with E-state index in [1.165, 1.54) is 59.8 Å². The van der Waals surface area contributed by atoms with Gasteiger partial charge in [-0.3, -0.25) is 0 Å². The van der Waals surface area contributed by atoms with Gasteiger partial charge in [-0.2, -0.15) is 22.0 Å². The van der Waals surface area contributed by atoms with Crippen LogP contribution in [0.1, 0.15) is 11.5 Å². The number of aromatic nitrogens is 5. The number of halogens is 5. The normalized spacial score (nSPS) is 12.1. The first-order valence-electron chi connectivity index (χ1n) is 12.4. The van der Waals surface area contributed by atoms with Gasteiger partial charge in [0.25, 0.3) is 0 Å². The molecule has 0 unspecified atom stereocenters. The SMILES string of the molecule is COc1ccc(-c2cnnn2-c2cc(-c3cccc(S(C)(=O)=O)c3)ccc2-n2cc(C(F)(F)F)nc2C)cc1OC(F)F. The molecule has 2 heterocycles. The van der Waals surface area contributed by atoms with Crippen LogP contribution < -0.4 is 9.47 Å². The van der Waals surface area contributed by atoms with Gasteiger partial charge >= 0.3 is 12.8 Å². The quantitative estimate of drug-likeness (QED) is 0.193.